The van der Waals surface area contributed by atoms with Crippen molar-refractivity contribution in [1.29, 1.82) is 0 Å². The standard InChI is InChI=1S/C6H11O2/c1-6(8)4-2-3-5-7/h4,7H,2-3,5H2,1H3. The molecule has 0 bridgehead atoms. The number of aliphatic hydroxyl groups excluding tert-OH is 1. The van der Waals surface area contributed by atoms with E-state index in [0.717, 1.165) is 0 Å². The molecule has 0 amide bonds. The smallest absolute Gasteiger partial charge is 0.133 e. The molecule has 2 heteroatoms. The summed E-state index contributed by atoms with van der Waals surface area (Å²) in [7, 11) is 0. The normalized spacial score (nSPS) is 9.25. The van der Waals surface area contributed by atoms with E-state index in [-0.39, 0.29) is 12.4 Å². The molecule has 1 N–H and O–H groups in total. The molecule has 0 aromatic rings. The van der Waals surface area contributed by atoms with Gasteiger partial charge in [0.15, 0.2) is 0 Å². The summed E-state index contributed by atoms with van der Waals surface area (Å²) < 4.78 is 0. The highest BCUT2D eigenvalue weighted by Crippen LogP contribution is 1.91. The molecule has 0 fully saturated rings. The lowest BCUT2D eigenvalue weighted by molar-refractivity contribution is -0.114. The number of aliphatic hydroxyl groups is 1. The highest BCUT2D eigenvalue weighted by Gasteiger charge is 1.90. The number of ketones is 1. The van der Waals surface area contributed by atoms with Gasteiger partial charge in [0, 0.05) is 13.0 Å². The highest BCUT2D eigenvalue weighted by atomic mass is 16.2. The SMILES string of the molecule is CC(=O)[CH]CCCO. The number of rotatable bonds is 4. The Hall–Kier alpha value is -0.370. The zero-order valence-corrected chi connectivity index (χ0v) is 5.05. The van der Waals surface area contributed by atoms with Crippen LogP contribution in [0.15, 0.2) is 0 Å². The number of carbonyl (C=O) groups excluding carboxylic acids is 1. The molecule has 8 heavy (non-hydrogen) atoms. The number of hydrogen-bond donors (Lipinski definition) is 1. The van der Waals surface area contributed by atoms with E-state index in [9.17, 15) is 4.79 Å². The van der Waals surface area contributed by atoms with Gasteiger partial charge in [-0.15, -0.1) is 0 Å². The van der Waals surface area contributed by atoms with Crippen molar-refractivity contribution in [1.82, 2.24) is 0 Å². The molecule has 0 aliphatic carbocycles. The third kappa shape index (κ3) is 5.63. The summed E-state index contributed by atoms with van der Waals surface area (Å²) in [6, 6.07) is 0. The van der Waals surface area contributed by atoms with E-state index in [0.29, 0.717) is 12.8 Å². The zero-order valence-electron chi connectivity index (χ0n) is 5.05. The van der Waals surface area contributed by atoms with Gasteiger partial charge in [-0.3, -0.25) is 4.79 Å². The van der Waals surface area contributed by atoms with Gasteiger partial charge in [0.25, 0.3) is 0 Å². The third-order valence-corrected chi connectivity index (χ3v) is 0.794. The summed E-state index contributed by atoms with van der Waals surface area (Å²) >= 11 is 0. The molecule has 0 saturated carbocycles. The summed E-state index contributed by atoms with van der Waals surface area (Å²) in [5.41, 5.74) is 0. The molecule has 47 valence electrons. The van der Waals surface area contributed by atoms with Gasteiger partial charge in [-0.25, -0.2) is 0 Å². The van der Waals surface area contributed by atoms with E-state index >= 15 is 0 Å². The third-order valence-electron chi connectivity index (χ3n) is 0.794. The van der Waals surface area contributed by atoms with Gasteiger partial charge in [-0.05, 0) is 19.8 Å². The molecule has 0 unspecified atom stereocenters. The molecule has 0 spiro atoms. The Morgan fingerprint density at radius 3 is 2.75 bits per heavy atom. The van der Waals surface area contributed by atoms with Crippen LogP contribution >= 0.6 is 0 Å². The van der Waals surface area contributed by atoms with Crippen molar-refractivity contribution in [3.8, 4) is 0 Å². The Bertz CT molecular complexity index is 68.9. The first-order valence-electron chi connectivity index (χ1n) is 2.72. The van der Waals surface area contributed by atoms with Crippen molar-refractivity contribution >= 4 is 5.78 Å². The Morgan fingerprint density at radius 2 is 2.38 bits per heavy atom. The fourth-order valence-electron chi connectivity index (χ4n) is 0.397. The second-order valence-electron chi connectivity index (χ2n) is 1.68. The molecule has 0 aliphatic heterocycles. The Balaban J connectivity index is 2.82. The Labute approximate surface area is 49.5 Å². The van der Waals surface area contributed by atoms with Crippen LogP contribution in [0.3, 0.4) is 0 Å². The van der Waals surface area contributed by atoms with Crippen LogP contribution in [0.4, 0.5) is 0 Å². The van der Waals surface area contributed by atoms with Crippen LogP contribution in [0, 0.1) is 6.42 Å². The molecule has 0 aromatic carbocycles. The van der Waals surface area contributed by atoms with Crippen LogP contribution in [0.5, 0.6) is 0 Å². The maximum Gasteiger partial charge on any atom is 0.133 e. The van der Waals surface area contributed by atoms with Crippen LogP contribution < -0.4 is 0 Å². The average Bonchev–Trinajstić information content (AvgIpc) is 1.66. The summed E-state index contributed by atoms with van der Waals surface area (Å²) in [6.45, 7) is 1.68. The van der Waals surface area contributed by atoms with Crippen LogP contribution in [-0.4, -0.2) is 17.5 Å². The van der Waals surface area contributed by atoms with E-state index in [1.165, 1.54) is 6.92 Å². The van der Waals surface area contributed by atoms with E-state index in [4.69, 9.17) is 5.11 Å². The van der Waals surface area contributed by atoms with E-state index < -0.39 is 0 Å². The molecule has 0 atom stereocenters. The van der Waals surface area contributed by atoms with Crippen LogP contribution in [0.1, 0.15) is 19.8 Å². The van der Waals surface area contributed by atoms with Crippen molar-refractivity contribution in [2.24, 2.45) is 0 Å². The molecule has 0 aromatic heterocycles. The first-order valence-corrected chi connectivity index (χ1v) is 2.72. The molecule has 1 radical (unpaired) electrons. The molecule has 2 nitrogen and oxygen atoms in total. The number of hydrogen-bond acceptors (Lipinski definition) is 2. The van der Waals surface area contributed by atoms with Crippen molar-refractivity contribution in [2.45, 2.75) is 19.8 Å². The summed E-state index contributed by atoms with van der Waals surface area (Å²) in [5, 5.41) is 8.25. The van der Waals surface area contributed by atoms with Gasteiger partial charge in [-0.2, -0.15) is 0 Å². The van der Waals surface area contributed by atoms with Gasteiger partial charge < -0.3 is 5.11 Å². The minimum absolute atomic E-state index is 0.0819. The van der Waals surface area contributed by atoms with Gasteiger partial charge in [0.2, 0.25) is 0 Å². The quantitative estimate of drug-likeness (QED) is 0.543. The topological polar surface area (TPSA) is 37.3 Å². The van der Waals surface area contributed by atoms with Gasteiger partial charge in [0.1, 0.15) is 5.78 Å². The maximum absolute atomic E-state index is 10.2. The van der Waals surface area contributed by atoms with Crippen molar-refractivity contribution in [2.75, 3.05) is 6.61 Å². The minimum atomic E-state index is 0.0819. The van der Waals surface area contributed by atoms with Crippen molar-refractivity contribution in [3.63, 3.8) is 0 Å². The minimum Gasteiger partial charge on any atom is -0.396 e. The maximum atomic E-state index is 10.2. The summed E-state index contributed by atoms with van der Waals surface area (Å²) in [6.07, 6.45) is 2.97. The molecule has 0 heterocycles. The fourth-order valence-corrected chi connectivity index (χ4v) is 0.397. The fraction of sp³-hybridized carbons (Fsp3) is 0.667. The van der Waals surface area contributed by atoms with E-state index in [2.05, 4.69) is 0 Å². The van der Waals surface area contributed by atoms with Crippen LogP contribution in [0.2, 0.25) is 0 Å². The predicted molar refractivity (Wildman–Crippen MR) is 31.3 cm³/mol. The number of Topliss-reactive ketones (excluding diaryl/α,β-unsaturated/α-hetero) is 1. The molecule has 0 saturated heterocycles. The van der Waals surface area contributed by atoms with Gasteiger partial charge in [-0.1, -0.05) is 0 Å². The number of carbonyl (C=O) groups is 1. The van der Waals surface area contributed by atoms with Crippen molar-refractivity contribution < 1.29 is 9.90 Å². The van der Waals surface area contributed by atoms with Crippen LogP contribution in [-0.2, 0) is 4.79 Å². The van der Waals surface area contributed by atoms with Crippen molar-refractivity contribution in [3.05, 3.63) is 6.42 Å². The van der Waals surface area contributed by atoms with Gasteiger partial charge >= 0.3 is 0 Å². The van der Waals surface area contributed by atoms with Crippen LogP contribution in [0.25, 0.3) is 0 Å². The van der Waals surface area contributed by atoms with Gasteiger partial charge in [0.05, 0.1) is 0 Å². The zero-order chi connectivity index (χ0) is 6.41. The Kier molecular flexibility index (Phi) is 4.56. The molecule has 0 rings (SSSR count). The summed E-state index contributed by atoms with van der Waals surface area (Å²) in [4.78, 5) is 10.2. The lowest BCUT2D eigenvalue weighted by Gasteiger charge is -1.89. The first-order chi connectivity index (χ1) is 3.77. The lowest BCUT2D eigenvalue weighted by Crippen LogP contribution is -1.91. The highest BCUT2D eigenvalue weighted by molar-refractivity contribution is 5.84. The second kappa shape index (κ2) is 4.78. The number of unbranched alkanes of at least 4 members (excludes halogenated alkanes) is 1. The second-order valence-corrected chi connectivity index (χ2v) is 1.68. The molecular weight excluding hydrogens is 104 g/mol. The lowest BCUT2D eigenvalue weighted by atomic mass is 10.2. The molecular formula is C6H11O2. The molecule has 0 aliphatic rings. The van der Waals surface area contributed by atoms with E-state index in [1.54, 1.807) is 6.42 Å². The monoisotopic (exact) mass is 115 g/mol. The summed E-state index contributed by atoms with van der Waals surface area (Å²) in [5.74, 6) is 0.0819. The van der Waals surface area contributed by atoms with E-state index in [1.807, 2.05) is 0 Å². The average molecular weight is 115 g/mol. The largest absolute Gasteiger partial charge is 0.396 e. The first kappa shape index (κ1) is 7.63. The Morgan fingerprint density at radius 1 is 1.75 bits per heavy atom. The predicted octanol–water partition coefficient (Wildman–Crippen LogP) is 0.552.